The average Bonchev–Trinajstić information content (AvgIpc) is 3.50. The number of anilines is 1. The van der Waals surface area contributed by atoms with Crippen molar-refractivity contribution < 1.29 is 23.9 Å². The van der Waals surface area contributed by atoms with Crippen LogP contribution in [0.25, 0.3) is 0 Å². The van der Waals surface area contributed by atoms with Gasteiger partial charge < -0.3 is 26.4 Å². The van der Waals surface area contributed by atoms with E-state index < -0.39 is 41.9 Å². The van der Waals surface area contributed by atoms with Crippen molar-refractivity contribution in [1.82, 2.24) is 16.0 Å². The number of carbonyl (C=O) groups excluding carboxylic acids is 3. The molecule has 3 unspecified atom stereocenters. The maximum Gasteiger partial charge on any atom is 0.243 e. The second kappa shape index (κ2) is 11.2. The summed E-state index contributed by atoms with van der Waals surface area (Å²) in [5.41, 5.74) is 2.46. The van der Waals surface area contributed by atoms with Gasteiger partial charge in [-0.1, -0.05) is 30.3 Å². The summed E-state index contributed by atoms with van der Waals surface area (Å²) in [6.07, 6.45) is -0.387. The largest absolute Gasteiger partial charge is 0.376 e. The molecule has 0 saturated carbocycles. The molecule has 2 aliphatic heterocycles. The fourth-order valence-electron chi connectivity index (χ4n) is 4.61. The second-order valence-electron chi connectivity index (χ2n) is 9.15. The minimum atomic E-state index is -1.53. The summed E-state index contributed by atoms with van der Waals surface area (Å²) in [6, 6.07) is 12.2. The first-order valence-electron chi connectivity index (χ1n) is 11.9. The van der Waals surface area contributed by atoms with Crippen LogP contribution in [-0.2, 0) is 27.2 Å². The van der Waals surface area contributed by atoms with Gasteiger partial charge in [0.1, 0.15) is 17.9 Å². The molecule has 0 spiro atoms. The van der Waals surface area contributed by atoms with E-state index in [0.29, 0.717) is 24.9 Å². The smallest absolute Gasteiger partial charge is 0.243 e. The van der Waals surface area contributed by atoms with E-state index in [2.05, 4.69) is 21.3 Å². The van der Waals surface area contributed by atoms with Gasteiger partial charge in [0.2, 0.25) is 17.7 Å². The van der Waals surface area contributed by atoms with Crippen LogP contribution in [0.5, 0.6) is 0 Å². The molecule has 5 atom stereocenters. The van der Waals surface area contributed by atoms with E-state index >= 15 is 0 Å². The van der Waals surface area contributed by atoms with Crippen molar-refractivity contribution >= 4 is 23.4 Å². The fraction of sp³-hybridized carbons (Fsp3) is 0.385. The summed E-state index contributed by atoms with van der Waals surface area (Å²) in [5, 5.41) is 30.8. The molecule has 2 aromatic rings. The number of nitrogens with zero attached hydrogens (tertiary/aromatic N) is 1. The Labute approximate surface area is 208 Å². The van der Waals surface area contributed by atoms with Crippen molar-refractivity contribution in [2.45, 2.75) is 49.9 Å². The Morgan fingerprint density at radius 1 is 1.17 bits per heavy atom. The van der Waals surface area contributed by atoms with Gasteiger partial charge in [0.25, 0.3) is 0 Å². The molecule has 9 nitrogen and oxygen atoms in total. The molecule has 36 heavy (non-hydrogen) atoms. The van der Waals surface area contributed by atoms with Gasteiger partial charge in [-0.05, 0) is 42.2 Å². The minimum absolute atomic E-state index is 0.0663. The average molecular weight is 494 g/mol. The van der Waals surface area contributed by atoms with Crippen LogP contribution >= 0.6 is 0 Å². The summed E-state index contributed by atoms with van der Waals surface area (Å²) >= 11 is 0. The SMILES string of the molecule is N#CC(O)[C@H](CC1CCNC1=O)NC(=O)[C@H](Cc1ccc(F)cc1)NC(=O)C1Cc2ccccc2N1. The Morgan fingerprint density at radius 3 is 2.58 bits per heavy atom. The molecule has 0 aromatic heterocycles. The summed E-state index contributed by atoms with van der Waals surface area (Å²) < 4.78 is 13.4. The highest BCUT2D eigenvalue weighted by molar-refractivity contribution is 5.92. The number of rotatable bonds is 9. The third-order valence-electron chi connectivity index (χ3n) is 6.62. The number of para-hydroxylation sites is 1. The van der Waals surface area contributed by atoms with E-state index in [0.717, 1.165) is 11.3 Å². The lowest BCUT2D eigenvalue weighted by molar-refractivity contribution is -0.130. The van der Waals surface area contributed by atoms with Crippen molar-refractivity contribution in [1.29, 1.82) is 5.26 Å². The third-order valence-corrected chi connectivity index (χ3v) is 6.62. The molecule has 1 saturated heterocycles. The molecular weight excluding hydrogens is 465 g/mol. The third kappa shape index (κ3) is 5.98. The van der Waals surface area contributed by atoms with Crippen LogP contribution in [0.15, 0.2) is 48.5 Å². The van der Waals surface area contributed by atoms with E-state index in [-0.39, 0.29) is 24.7 Å². The molecule has 10 heteroatoms. The number of amides is 3. The molecular formula is C26H28FN5O4. The number of aliphatic hydroxyl groups excluding tert-OH is 1. The normalized spacial score (nSPS) is 20.8. The second-order valence-corrected chi connectivity index (χ2v) is 9.15. The molecule has 5 N–H and O–H groups in total. The van der Waals surface area contributed by atoms with E-state index in [1.165, 1.54) is 24.3 Å². The Kier molecular flexibility index (Phi) is 7.80. The zero-order chi connectivity index (χ0) is 25.7. The summed E-state index contributed by atoms with van der Waals surface area (Å²) in [5.74, 6) is -2.06. The predicted molar refractivity (Wildman–Crippen MR) is 129 cm³/mol. The van der Waals surface area contributed by atoms with Crippen LogP contribution in [0.1, 0.15) is 24.0 Å². The van der Waals surface area contributed by atoms with Crippen LogP contribution in [0.3, 0.4) is 0 Å². The van der Waals surface area contributed by atoms with Gasteiger partial charge in [-0.3, -0.25) is 14.4 Å². The van der Waals surface area contributed by atoms with Crippen LogP contribution in [0.4, 0.5) is 10.1 Å². The van der Waals surface area contributed by atoms with Gasteiger partial charge in [0.15, 0.2) is 6.10 Å². The van der Waals surface area contributed by atoms with Gasteiger partial charge in [-0.15, -0.1) is 0 Å². The van der Waals surface area contributed by atoms with Gasteiger partial charge in [0.05, 0.1) is 12.1 Å². The van der Waals surface area contributed by atoms with Crippen molar-refractivity contribution in [3.8, 4) is 6.07 Å². The van der Waals surface area contributed by atoms with Gasteiger partial charge in [0, 0.05) is 31.0 Å². The minimum Gasteiger partial charge on any atom is -0.376 e. The summed E-state index contributed by atoms with van der Waals surface area (Å²) in [6.45, 7) is 0.493. The molecule has 2 aromatic carbocycles. The molecule has 0 bridgehead atoms. The maximum absolute atomic E-state index is 13.4. The molecule has 0 radical (unpaired) electrons. The first-order chi connectivity index (χ1) is 17.3. The van der Waals surface area contributed by atoms with Gasteiger partial charge in [-0.25, -0.2) is 4.39 Å². The number of halogens is 1. The Bertz CT molecular complexity index is 1140. The monoisotopic (exact) mass is 493 g/mol. The number of nitriles is 1. The van der Waals surface area contributed by atoms with Crippen molar-refractivity contribution in [3.63, 3.8) is 0 Å². The van der Waals surface area contributed by atoms with E-state index in [1.54, 1.807) is 6.07 Å². The first-order valence-corrected chi connectivity index (χ1v) is 11.9. The number of nitrogens with one attached hydrogen (secondary N) is 4. The van der Waals surface area contributed by atoms with Gasteiger partial charge >= 0.3 is 0 Å². The van der Waals surface area contributed by atoms with E-state index in [9.17, 15) is 29.1 Å². The highest BCUT2D eigenvalue weighted by Gasteiger charge is 2.34. The van der Waals surface area contributed by atoms with Gasteiger partial charge in [-0.2, -0.15) is 5.26 Å². The van der Waals surface area contributed by atoms with Crippen LogP contribution in [0, 0.1) is 23.1 Å². The van der Waals surface area contributed by atoms with Crippen molar-refractivity contribution in [2.75, 3.05) is 11.9 Å². The van der Waals surface area contributed by atoms with Crippen LogP contribution in [0.2, 0.25) is 0 Å². The Morgan fingerprint density at radius 2 is 1.92 bits per heavy atom. The van der Waals surface area contributed by atoms with Crippen LogP contribution in [-0.4, -0.2) is 53.6 Å². The lowest BCUT2D eigenvalue weighted by atomic mass is 9.94. The Hall–Kier alpha value is -3.97. The number of hydrogen-bond donors (Lipinski definition) is 5. The fourth-order valence-corrected chi connectivity index (χ4v) is 4.61. The number of benzene rings is 2. The standard InChI is InChI=1S/C26H28FN5O4/c27-18-7-5-15(6-8-18)11-21(32-26(36)22-12-16-3-1-2-4-19(16)30-22)25(35)31-20(23(33)14-28)13-17-9-10-29-24(17)34/h1-8,17,20-23,30,33H,9-13H2,(H,29,34)(H,31,35)(H,32,36)/t17?,20-,21-,22?,23?/m0/s1. The molecule has 0 aliphatic carbocycles. The lowest BCUT2D eigenvalue weighted by Gasteiger charge is -2.26. The molecule has 1 fully saturated rings. The molecule has 3 amide bonds. The summed E-state index contributed by atoms with van der Waals surface area (Å²) in [4.78, 5) is 38.4. The molecule has 4 rings (SSSR count). The zero-order valence-electron chi connectivity index (χ0n) is 19.5. The topological polar surface area (TPSA) is 143 Å². The first kappa shape index (κ1) is 25.1. The zero-order valence-corrected chi connectivity index (χ0v) is 19.5. The summed E-state index contributed by atoms with van der Waals surface area (Å²) in [7, 11) is 0. The quantitative estimate of drug-likeness (QED) is 0.327. The molecule has 2 aliphatic rings. The van der Waals surface area contributed by atoms with E-state index in [1.807, 2.05) is 24.3 Å². The molecule has 2 heterocycles. The number of aliphatic hydroxyl groups is 1. The van der Waals surface area contributed by atoms with Crippen molar-refractivity contribution in [3.05, 3.63) is 65.5 Å². The van der Waals surface area contributed by atoms with E-state index in [4.69, 9.17) is 0 Å². The highest BCUT2D eigenvalue weighted by Crippen LogP contribution is 2.25. The number of carbonyl (C=O) groups is 3. The maximum atomic E-state index is 13.4. The Balaban J connectivity index is 1.49. The number of fused-ring (bicyclic) bond motifs is 1. The lowest BCUT2D eigenvalue weighted by Crippen LogP contribution is -2.55. The van der Waals surface area contributed by atoms with Crippen molar-refractivity contribution in [2.24, 2.45) is 5.92 Å². The van der Waals surface area contributed by atoms with Crippen LogP contribution < -0.4 is 21.3 Å². The predicted octanol–water partition coefficient (Wildman–Crippen LogP) is 0.785. The number of hydrogen-bond acceptors (Lipinski definition) is 6. The molecule has 188 valence electrons. The highest BCUT2D eigenvalue weighted by atomic mass is 19.1.